The Morgan fingerprint density at radius 1 is 0.962 bits per heavy atom. The van der Waals surface area contributed by atoms with Gasteiger partial charge in [0.05, 0.1) is 5.56 Å². The molecule has 0 unspecified atom stereocenters. The van der Waals surface area contributed by atoms with Crippen LogP contribution in [-0.4, -0.2) is 29.0 Å². The lowest BCUT2D eigenvalue weighted by molar-refractivity contribution is 0.0958. The Labute approximate surface area is 149 Å². The monoisotopic (exact) mass is 349 g/mol. The maximum absolute atomic E-state index is 13.2. The van der Waals surface area contributed by atoms with Crippen LogP contribution in [0.1, 0.15) is 10.4 Å². The molecule has 0 saturated carbocycles. The maximum atomic E-state index is 13.2. The summed E-state index contributed by atoms with van der Waals surface area (Å²) in [7, 11) is 0. The highest BCUT2D eigenvalue weighted by Crippen LogP contribution is 2.26. The van der Waals surface area contributed by atoms with Crippen molar-refractivity contribution < 1.29 is 9.18 Å². The first-order valence-corrected chi connectivity index (χ1v) is 8.20. The minimum Gasteiger partial charge on any atom is -0.383 e. The van der Waals surface area contributed by atoms with E-state index < -0.39 is 0 Å². The molecular weight excluding hydrogens is 333 g/mol. The minimum absolute atomic E-state index is 0.0811. The molecule has 0 bridgehead atoms. The number of nitrogens with one attached hydrogen (secondary N) is 3. The molecule has 0 spiro atoms. The van der Waals surface area contributed by atoms with Gasteiger partial charge in [-0.25, -0.2) is 14.4 Å². The van der Waals surface area contributed by atoms with E-state index in [1.165, 1.54) is 12.1 Å². The predicted molar refractivity (Wildman–Crippen MR) is 98.0 cm³/mol. The van der Waals surface area contributed by atoms with Crippen molar-refractivity contribution in [2.24, 2.45) is 0 Å². The normalized spacial score (nSPS) is 13.2. The molecule has 0 fully saturated rings. The molecule has 0 atom stereocenters. The zero-order valence-corrected chi connectivity index (χ0v) is 13.8. The van der Waals surface area contributed by atoms with E-state index in [2.05, 4.69) is 25.9 Å². The van der Waals surface area contributed by atoms with Crippen molar-refractivity contribution in [2.75, 3.05) is 23.7 Å². The first-order valence-electron chi connectivity index (χ1n) is 8.20. The Bertz CT molecular complexity index is 958. The summed E-state index contributed by atoms with van der Waals surface area (Å²) in [6, 6.07) is 11.7. The summed E-state index contributed by atoms with van der Waals surface area (Å²) in [6.07, 6.45) is 3.38. The van der Waals surface area contributed by atoms with Crippen LogP contribution >= 0.6 is 0 Å². The smallest absolute Gasteiger partial charge is 0.253 e. The number of fused-ring (bicyclic) bond motifs is 1. The lowest BCUT2D eigenvalue weighted by Gasteiger charge is -2.09. The lowest BCUT2D eigenvalue weighted by atomic mass is 10.0. The fourth-order valence-corrected chi connectivity index (χ4v) is 2.77. The van der Waals surface area contributed by atoms with E-state index in [4.69, 9.17) is 0 Å². The highest BCUT2D eigenvalue weighted by molar-refractivity contribution is 6.01. The number of hydrogen-bond acceptors (Lipinski definition) is 5. The van der Waals surface area contributed by atoms with Gasteiger partial charge in [0.15, 0.2) is 0 Å². The molecule has 1 aromatic heterocycles. The van der Waals surface area contributed by atoms with E-state index in [9.17, 15) is 9.18 Å². The fraction of sp³-hybridized carbons (Fsp3) is 0.105. The van der Waals surface area contributed by atoms with Crippen LogP contribution in [0.15, 0.2) is 54.9 Å². The Morgan fingerprint density at radius 2 is 1.77 bits per heavy atom. The maximum Gasteiger partial charge on any atom is 0.253 e. The van der Waals surface area contributed by atoms with Crippen LogP contribution in [0.4, 0.5) is 21.7 Å². The van der Waals surface area contributed by atoms with Gasteiger partial charge >= 0.3 is 0 Å². The summed E-state index contributed by atoms with van der Waals surface area (Å²) < 4.78 is 13.2. The van der Waals surface area contributed by atoms with Crippen molar-refractivity contribution >= 4 is 23.2 Å². The van der Waals surface area contributed by atoms with Crippen LogP contribution in [0.2, 0.25) is 0 Å². The molecule has 0 aliphatic carbocycles. The van der Waals surface area contributed by atoms with E-state index in [-0.39, 0.29) is 11.7 Å². The summed E-state index contributed by atoms with van der Waals surface area (Å²) in [5, 5.41) is 9.04. The molecule has 3 N–H and O–H groups in total. The largest absolute Gasteiger partial charge is 0.383 e. The average Bonchev–Trinajstić information content (AvgIpc) is 2.83. The molecular formula is C19H16FN5O. The Morgan fingerprint density at radius 3 is 2.58 bits per heavy atom. The second kappa shape index (κ2) is 6.79. The third-order valence-electron chi connectivity index (χ3n) is 4.06. The van der Waals surface area contributed by atoms with Gasteiger partial charge < -0.3 is 16.0 Å². The molecule has 1 aliphatic rings. The van der Waals surface area contributed by atoms with Gasteiger partial charge in [-0.3, -0.25) is 4.79 Å². The van der Waals surface area contributed by atoms with Gasteiger partial charge in [-0.15, -0.1) is 0 Å². The van der Waals surface area contributed by atoms with E-state index >= 15 is 0 Å². The van der Waals surface area contributed by atoms with Gasteiger partial charge in [-0.1, -0.05) is 12.1 Å². The van der Waals surface area contributed by atoms with Crippen LogP contribution in [0.5, 0.6) is 0 Å². The molecule has 1 amide bonds. The number of halogens is 1. The molecule has 2 heterocycles. The lowest BCUT2D eigenvalue weighted by Crippen LogP contribution is -2.24. The number of carbonyl (C=O) groups is 1. The van der Waals surface area contributed by atoms with E-state index in [0.717, 1.165) is 16.8 Å². The standard InChI is InChI=1S/C19H16FN5O/c20-14-2-1-3-15(9-14)25-19-23-10-13(11-24-19)12-4-5-16-17(8-12)21-6-7-22-18(16)26/h1-5,8-11,21H,6-7H2,(H,22,26)(H,23,24,25). The minimum atomic E-state index is -0.326. The fourth-order valence-electron chi connectivity index (χ4n) is 2.77. The van der Waals surface area contributed by atoms with Crippen molar-refractivity contribution in [3.05, 3.63) is 66.2 Å². The second-order valence-corrected chi connectivity index (χ2v) is 5.87. The van der Waals surface area contributed by atoms with Crippen LogP contribution < -0.4 is 16.0 Å². The molecule has 1 aliphatic heterocycles. The molecule has 4 rings (SSSR count). The summed E-state index contributed by atoms with van der Waals surface area (Å²) in [5.41, 5.74) is 3.72. The second-order valence-electron chi connectivity index (χ2n) is 5.87. The third-order valence-corrected chi connectivity index (χ3v) is 4.06. The summed E-state index contributed by atoms with van der Waals surface area (Å²) in [6.45, 7) is 1.27. The van der Waals surface area contributed by atoms with Gasteiger partial charge in [0.1, 0.15) is 5.82 Å². The first-order chi connectivity index (χ1) is 12.7. The molecule has 0 radical (unpaired) electrons. The van der Waals surface area contributed by atoms with E-state index in [1.54, 1.807) is 30.6 Å². The van der Waals surface area contributed by atoms with Gasteiger partial charge in [-0.2, -0.15) is 0 Å². The van der Waals surface area contributed by atoms with Crippen molar-refractivity contribution in [3.8, 4) is 11.1 Å². The highest BCUT2D eigenvalue weighted by atomic mass is 19.1. The summed E-state index contributed by atoms with van der Waals surface area (Å²) in [4.78, 5) is 20.5. The van der Waals surface area contributed by atoms with Crippen molar-refractivity contribution in [1.29, 1.82) is 0 Å². The Hall–Kier alpha value is -3.48. The van der Waals surface area contributed by atoms with Crippen molar-refractivity contribution in [3.63, 3.8) is 0 Å². The number of carbonyl (C=O) groups excluding carboxylic acids is 1. The van der Waals surface area contributed by atoms with Crippen LogP contribution in [0.3, 0.4) is 0 Å². The van der Waals surface area contributed by atoms with Gasteiger partial charge in [-0.05, 0) is 35.9 Å². The zero-order chi connectivity index (χ0) is 17.9. The predicted octanol–water partition coefficient (Wildman–Crippen LogP) is 3.18. The summed E-state index contributed by atoms with van der Waals surface area (Å²) >= 11 is 0. The molecule has 2 aromatic carbocycles. The number of rotatable bonds is 3. The average molecular weight is 349 g/mol. The number of benzene rings is 2. The SMILES string of the molecule is O=C1NCCNc2cc(-c3cnc(Nc4cccc(F)c4)nc3)ccc21. The molecule has 0 saturated heterocycles. The number of nitrogens with zero attached hydrogens (tertiary/aromatic N) is 2. The molecule has 26 heavy (non-hydrogen) atoms. The molecule has 3 aromatic rings. The van der Waals surface area contributed by atoms with Crippen LogP contribution in [-0.2, 0) is 0 Å². The Balaban J connectivity index is 1.57. The topological polar surface area (TPSA) is 78.9 Å². The van der Waals surface area contributed by atoms with Crippen molar-refractivity contribution in [1.82, 2.24) is 15.3 Å². The Kier molecular flexibility index (Phi) is 4.18. The van der Waals surface area contributed by atoms with E-state index in [1.807, 2.05) is 12.1 Å². The highest BCUT2D eigenvalue weighted by Gasteiger charge is 2.15. The van der Waals surface area contributed by atoms with E-state index in [0.29, 0.717) is 30.3 Å². The van der Waals surface area contributed by atoms with Gasteiger partial charge in [0.25, 0.3) is 5.91 Å². The number of anilines is 3. The van der Waals surface area contributed by atoms with Crippen molar-refractivity contribution in [2.45, 2.75) is 0 Å². The number of hydrogen-bond donors (Lipinski definition) is 3. The first kappa shape index (κ1) is 16.0. The molecule has 130 valence electrons. The molecule has 7 heteroatoms. The third kappa shape index (κ3) is 3.32. The van der Waals surface area contributed by atoms with Gasteiger partial charge in [0.2, 0.25) is 5.95 Å². The van der Waals surface area contributed by atoms with Crippen LogP contribution in [0, 0.1) is 5.82 Å². The quantitative estimate of drug-likeness (QED) is 0.677. The summed E-state index contributed by atoms with van der Waals surface area (Å²) in [5.74, 6) is -0.0258. The zero-order valence-electron chi connectivity index (χ0n) is 13.8. The van der Waals surface area contributed by atoms with Gasteiger partial charge in [0, 0.05) is 42.4 Å². The number of amides is 1. The molecule has 6 nitrogen and oxygen atoms in total. The number of aromatic nitrogens is 2. The van der Waals surface area contributed by atoms with Crippen LogP contribution in [0.25, 0.3) is 11.1 Å².